The van der Waals surface area contributed by atoms with E-state index in [0.717, 1.165) is 11.9 Å². The maximum Gasteiger partial charge on any atom is 0.256 e. The van der Waals surface area contributed by atoms with E-state index in [1.54, 1.807) is 18.2 Å². The number of sulfonamides is 1. The van der Waals surface area contributed by atoms with E-state index in [9.17, 15) is 13.2 Å². The fraction of sp³-hybridized carbons (Fsp3) is 0.333. The number of aromatic amines is 1. The topological polar surface area (TPSA) is 104 Å². The van der Waals surface area contributed by atoms with Crippen molar-refractivity contribution >= 4 is 27.4 Å². The molecule has 0 saturated heterocycles. The zero-order chi connectivity index (χ0) is 17.3. The van der Waals surface area contributed by atoms with Crippen molar-refractivity contribution in [3.8, 4) is 0 Å². The monoisotopic (exact) mass is 336 g/mol. The maximum absolute atomic E-state index is 12.2. The van der Waals surface area contributed by atoms with Crippen LogP contribution in [-0.2, 0) is 15.4 Å². The Labute approximate surface area is 135 Å². The first-order chi connectivity index (χ1) is 10.5. The molecule has 1 heterocycles. The molecule has 0 unspecified atom stereocenters. The van der Waals surface area contributed by atoms with Gasteiger partial charge in [0.2, 0.25) is 10.0 Å². The molecule has 0 fully saturated rings. The lowest BCUT2D eigenvalue weighted by molar-refractivity contribution is 0.102. The van der Waals surface area contributed by atoms with Crippen LogP contribution in [0.4, 0.5) is 11.5 Å². The molecule has 0 spiro atoms. The molecule has 0 aliphatic heterocycles. The van der Waals surface area contributed by atoms with Gasteiger partial charge in [-0.2, -0.15) is 5.10 Å². The average molecular weight is 336 g/mol. The molecule has 2 rings (SSSR count). The summed E-state index contributed by atoms with van der Waals surface area (Å²) in [5, 5.41) is 9.66. The van der Waals surface area contributed by atoms with Gasteiger partial charge in [-0.05, 0) is 24.3 Å². The van der Waals surface area contributed by atoms with Crippen LogP contribution in [0.5, 0.6) is 0 Å². The number of benzene rings is 1. The molecule has 0 saturated carbocycles. The highest BCUT2D eigenvalue weighted by molar-refractivity contribution is 7.92. The molecule has 3 N–H and O–H groups in total. The van der Waals surface area contributed by atoms with Gasteiger partial charge in [-0.15, -0.1) is 0 Å². The Bertz CT molecular complexity index is 802. The van der Waals surface area contributed by atoms with Crippen LogP contribution in [0, 0.1) is 0 Å². The highest BCUT2D eigenvalue weighted by Gasteiger charge is 2.17. The van der Waals surface area contributed by atoms with E-state index in [1.165, 1.54) is 12.1 Å². The Morgan fingerprint density at radius 1 is 1.17 bits per heavy atom. The summed E-state index contributed by atoms with van der Waals surface area (Å²) in [6.07, 6.45) is 1.07. The number of nitrogens with zero attached hydrogens (tertiary/aromatic N) is 1. The number of anilines is 2. The summed E-state index contributed by atoms with van der Waals surface area (Å²) in [4.78, 5) is 12.2. The zero-order valence-corrected chi connectivity index (χ0v) is 14.3. The van der Waals surface area contributed by atoms with Crippen molar-refractivity contribution < 1.29 is 13.2 Å². The summed E-state index contributed by atoms with van der Waals surface area (Å²) in [6.45, 7) is 6.12. The van der Waals surface area contributed by atoms with E-state index in [-0.39, 0.29) is 11.3 Å². The predicted octanol–water partition coefficient (Wildman–Crippen LogP) is 2.33. The number of aromatic nitrogens is 2. The van der Waals surface area contributed by atoms with Gasteiger partial charge in [0.25, 0.3) is 5.91 Å². The lowest BCUT2D eigenvalue weighted by Crippen LogP contribution is -2.13. The smallest absolute Gasteiger partial charge is 0.256 e. The molecule has 0 atom stereocenters. The lowest BCUT2D eigenvalue weighted by Gasteiger charge is -2.14. The van der Waals surface area contributed by atoms with Gasteiger partial charge < -0.3 is 5.32 Å². The number of hydrogen-bond acceptors (Lipinski definition) is 4. The molecule has 0 aliphatic rings. The number of carbonyl (C=O) groups is 1. The minimum absolute atomic E-state index is 0.0884. The molecule has 0 aliphatic carbocycles. The first-order valence-corrected chi connectivity index (χ1v) is 8.89. The first-order valence-electron chi connectivity index (χ1n) is 7.00. The van der Waals surface area contributed by atoms with Crippen molar-refractivity contribution in [3.05, 3.63) is 41.6 Å². The summed E-state index contributed by atoms with van der Waals surface area (Å²) in [6, 6.07) is 7.93. The first kappa shape index (κ1) is 17.0. The van der Waals surface area contributed by atoms with E-state index in [2.05, 4.69) is 20.2 Å². The summed E-state index contributed by atoms with van der Waals surface area (Å²) in [7, 11) is -3.33. The van der Waals surface area contributed by atoms with E-state index < -0.39 is 10.0 Å². The highest BCUT2D eigenvalue weighted by Crippen LogP contribution is 2.22. The second-order valence-electron chi connectivity index (χ2n) is 6.32. The zero-order valence-electron chi connectivity index (χ0n) is 13.5. The standard InChI is InChI=1S/C15H20N4O3S/c1-15(2,3)12-9-13(18-17-12)16-14(20)10-5-7-11(8-6-10)19-23(4,21)22/h5-9,19H,1-4H3,(H2,16,17,18,20). The molecule has 2 aromatic rings. The van der Waals surface area contributed by atoms with Crippen molar-refractivity contribution in [3.63, 3.8) is 0 Å². The van der Waals surface area contributed by atoms with Gasteiger partial charge in [0.05, 0.1) is 6.26 Å². The van der Waals surface area contributed by atoms with Gasteiger partial charge in [0.1, 0.15) is 0 Å². The molecular formula is C15H20N4O3S. The minimum atomic E-state index is -3.33. The van der Waals surface area contributed by atoms with Crippen LogP contribution in [0.1, 0.15) is 36.8 Å². The third kappa shape index (κ3) is 4.82. The number of rotatable bonds is 4. The normalized spacial score (nSPS) is 12.0. The van der Waals surface area contributed by atoms with Crippen LogP contribution in [0.3, 0.4) is 0 Å². The highest BCUT2D eigenvalue weighted by atomic mass is 32.2. The Balaban J connectivity index is 2.08. The van der Waals surface area contributed by atoms with Gasteiger partial charge in [-0.3, -0.25) is 14.6 Å². The lowest BCUT2D eigenvalue weighted by atomic mass is 9.92. The van der Waals surface area contributed by atoms with Crippen molar-refractivity contribution in [2.24, 2.45) is 0 Å². The summed E-state index contributed by atoms with van der Waals surface area (Å²) in [5.74, 6) is 0.126. The van der Waals surface area contributed by atoms with Crippen molar-refractivity contribution in [1.82, 2.24) is 10.2 Å². The van der Waals surface area contributed by atoms with E-state index in [4.69, 9.17) is 0 Å². The van der Waals surface area contributed by atoms with Gasteiger partial charge in [-0.1, -0.05) is 20.8 Å². The fourth-order valence-corrected chi connectivity index (χ4v) is 2.43. The largest absolute Gasteiger partial charge is 0.305 e. The number of nitrogens with one attached hydrogen (secondary N) is 3. The second kappa shape index (κ2) is 6.04. The molecule has 0 bridgehead atoms. The van der Waals surface area contributed by atoms with E-state index >= 15 is 0 Å². The molecule has 1 amide bonds. The fourth-order valence-electron chi connectivity index (χ4n) is 1.86. The summed E-state index contributed by atoms with van der Waals surface area (Å²) < 4.78 is 24.6. The van der Waals surface area contributed by atoms with Crippen LogP contribution < -0.4 is 10.0 Å². The van der Waals surface area contributed by atoms with Crippen LogP contribution in [0.15, 0.2) is 30.3 Å². The molecule has 7 nitrogen and oxygen atoms in total. The maximum atomic E-state index is 12.2. The number of H-pyrrole nitrogens is 1. The van der Waals surface area contributed by atoms with Crippen molar-refractivity contribution in [1.29, 1.82) is 0 Å². The third-order valence-corrected chi connectivity index (χ3v) is 3.68. The number of amides is 1. The molecule has 1 aromatic heterocycles. The number of hydrogen-bond donors (Lipinski definition) is 3. The van der Waals surface area contributed by atoms with Crippen LogP contribution in [-0.4, -0.2) is 30.8 Å². The van der Waals surface area contributed by atoms with Gasteiger partial charge in [0, 0.05) is 28.4 Å². The van der Waals surface area contributed by atoms with Gasteiger partial charge >= 0.3 is 0 Å². The SMILES string of the molecule is CC(C)(C)c1cc(NC(=O)c2ccc(NS(C)(=O)=O)cc2)n[nH]1. The molecular weight excluding hydrogens is 316 g/mol. The molecule has 1 aromatic carbocycles. The average Bonchev–Trinajstić information content (AvgIpc) is 2.86. The van der Waals surface area contributed by atoms with Crippen LogP contribution >= 0.6 is 0 Å². The van der Waals surface area contributed by atoms with Crippen LogP contribution in [0.2, 0.25) is 0 Å². The molecule has 0 radical (unpaired) electrons. The van der Waals surface area contributed by atoms with Crippen molar-refractivity contribution in [2.45, 2.75) is 26.2 Å². The van der Waals surface area contributed by atoms with E-state index in [1.807, 2.05) is 20.8 Å². The molecule has 23 heavy (non-hydrogen) atoms. The third-order valence-electron chi connectivity index (χ3n) is 3.08. The van der Waals surface area contributed by atoms with Gasteiger partial charge in [-0.25, -0.2) is 8.42 Å². The predicted molar refractivity (Wildman–Crippen MR) is 90.1 cm³/mol. The Morgan fingerprint density at radius 3 is 2.26 bits per heavy atom. The molecule has 8 heteroatoms. The van der Waals surface area contributed by atoms with Crippen LogP contribution in [0.25, 0.3) is 0 Å². The molecule has 124 valence electrons. The van der Waals surface area contributed by atoms with Gasteiger partial charge in [0.15, 0.2) is 5.82 Å². The second-order valence-corrected chi connectivity index (χ2v) is 8.07. The Morgan fingerprint density at radius 2 is 1.78 bits per heavy atom. The Hall–Kier alpha value is -2.35. The number of carbonyl (C=O) groups excluding carboxylic acids is 1. The quantitative estimate of drug-likeness (QED) is 0.797. The Kier molecular flexibility index (Phi) is 4.46. The summed E-state index contributed by atoms with van der Waals surface area (Å²) >= 11 is 0. The van der Waals surface area contributed by atoms with Crippen molar-refractivity contribution in [2.75, 3.05) is 16.3 Å². The summed E-state index contributed by atoms with van der Waals surface area (Å²) in [5.41, 5.74) is 1.64. The van der Waals surface area contributed by atoms with E-state index in [0.29, 0.717) is 17.1 Å². The minimum Gasteiger partial charge on any atom is -0.305 e.